The SMILES string of the molecule is c1ccc(-c2n[nH]c(C3CCCCCC3)n2)cc1. The summed E-state index contributed by atoms with van der Waals surface area (Å²) in [6, 6.07) is 10.2. The molecule has 0 unspecified atom stereocenters. The summed E-state index contributed by atoms with van der Waals surface area (Å²) >= 11 is 0. The highest BCUT2D eigenvalue weighted by Gasteiger charge is 2.18. The molecule has 1 N–H and O–H groups in total. The van der Waals surface area contributed by atoms with Gasteiger partial charge in [0.1, 0.15) is 5.82 Å². The Labute approximate surface area is 108 Å². The van der Waals surface area contributed by atoms with Crippen molar-refractivity contribution in [2.45, 2.75) is 44.4 Å². The summed E-state index contributed by atoms with van der Waals surface area (Å²) in [7, 11) is 0. The zero-order valence-corrected chi connectivity index (χ0v) is 10.6. The number of nitrogens with zero attached hydrogens (tertiary/aromatic N) is 2. The lowest BCUT2D eigenvalue weighted by atomic mass is 10.00. The molecule has 1 heterocycles. The zero-order chi connectivity index (χ0) is 12.2. The quantitative estimate of drug-likeness (QED) is 0.810. The van der Waals surface area contributed by atoms with Crippen molar-refractivity contribution in [1.82, 2.24) is 15.2 Å². The van der Waals surface area contributed by atoms with Crippen LogP contribution in [0.2, 0.25) is 0 Å². The molecule has 1 aromatic carbocycles. The molecule has 1 aliphatic rings. The van der Waals surface area contributed by atoms with Crippen molar-refractivity contribution in [3.63, 3.8) is 0 Å². The summed E-state index contributed by atoms with van der Waals surface area (Å²) in [5.41, 5.74) is 1.09. The number of H-pyrrole nitrogens is 1. The van der Waals surface area contributed by atoms with E-state index in [1.165, 1.54) is 38.5 Å². The standard InChI is InChI=1S/C15H19N3/c1-2-5-9-12(8-4-1)14-16-15(18-17-14)13-10-6-3-7-11-13/h3,6-7,10-12H,1-2,4-5,8-9H2,(H,16,17,18). The Bertz CT molecular complexity index is 481. The highest BCUT2D eigenvalue weighted by Crippen LogP contribution is 2.30. The maximum Gasteiger partial charge on any atom is 0.181 e. The number of hydrogen-bond acceptors (Lipinski definition) is 2. The molecule has 0 aliphatic heterocycles. The molecule has 1 aliphatic carbocycles. The normalized spacial score (nSPS) is 17.6. The summed E-state index contributed by atoms with van der Waals surface area (Å²) < 4.78 is 0. The van der Waals surface area contributed by atoms with Crippen molar-refractivity contribution in [2.24, 2.45) is 0 Å². The van der Waals surface area contributed by atoms with Gasteiger partial charge in [0, 0.05) is 11.5 Å². The van der Waals surface area contributed by atoms with Gasteiger partial charge >= 0.3 is 0 Å². The van der Waals surface area contributed by atoms with Crippen molar-refractivity contribution in [3.05, 3.63) is 36.2 Å². The molecule has 0 spiro atoms. The van der Waals surface area contributed by atoms with Crippen LogP contribution >= 0.6 is 0 Å². The van der Waals surface area contributed by atoms with E-state index in [0.29, 0.717) is 5.92 Å². The molecule has 18 heavy (non-hydrogen) atoms. The van der Waals surface area contributed by atoms with Crippen LogP contribution in [0.5, 0.6) is 0 Å². The zero-order valence-electron chi connectivity index (χ0n) is 10.6. The Morgan fingerprint density at radius 1 is 0.944 bits per heavy atom. The summed E-state index contributed by atoms with van der Waals surface area (Å²) in [5.74, 6) is 2.49. The molecule has 0 amide bonds. The Morgan fingerprint density at radius 2 is 1.67 bits per heavy atom. The fourth-order valence-electron chi connectivity index (χ4n) is 2.73. The average molecular weight is 241 g/mol. The van der Waals surface area contributed by atoms with Crippen LogP contribution in [0.15, 0.2) is 30.3 Å². The minimum absolute atomic E-state index is 0.581. The first-order valence-corrected chi connectivity index (χ1v) is 6.91. The Kier molecular flexibility index (Phi) is 3.40. The number of nitrogens with one attached hydrogen (secondary N) is 1. The van der Waals surface area contributed by atoms with E-state index in [9.17, 15) is 0 Å². The average Bonchev–Trinajstić information content (AvgIpc) is 2.76. The monoisotopic (exact) mass is 241 g/mol. The van der Waals surface area contributed by atoms with Crippen molar-refractivity contribution in [1.29, 1.82) is 0 Å². The van der Waals surface area contributed by atoms with Crippen LogP contribution in [0, 0.1) is 0 Å². The van der Waals surface area contributed by atoms with Gasteiger partial charge in [0.2, 0.25) is 0 Å². The van der Waals surface area contributed by atoms with Crippen molar-refractivity contribution >= 4 is 0 Å². The van der Waals surface area contributed by atoms with Crippen LogP contribution in [0.25, 0.3) is 11.4 Å². The van der Waals surface area contributed by atoms with Gasteiger partial charge in [0.25, 0.3) is 0 Å². The van der Waals surface area contributed by atoms with Crippen LogP contribution < -0.4 is 0 Å². The molecule has 1 aromatic heterocycles. The van der Waals surface area contributed by atoms with Crippen molar-refractivity contribution in [2.75, 3.05) is 0 Å². The third kappa shape index (κ3) is 2.45. The first-order valence-electron chi connectivity index (χ1n) is 6.91. The van der Waals surface area contributed by atoms with Gasteiger partial charge in [0.15, 0.2) is 5.82 Å². The highest BCUT2D eigenvalue weighted by molar-refractivity contribution is 5.53. The van der Waals surface area contributed by atoms with E-state index in [4.69, 9.17) is 0 Å². The highest BCUT2D eigenvalue weighted by atomic mass is 15.2. The largest absolute Gasteiger partial charge is 0.262 e. The van der Waals surface area contributed by atoms with Gasteiger partial charge in [-0.2, -0.15) is 5.10 Å². The molecule has 3 heteroatoms. The van der Waals surface area contributed by atoms with Gasteiger partial charge in [0.05, 0.1) is 0 Å². The van der Waals surface area contributed by atoms with Crippen LogP contribution in [-0.2, 0) is 0 Å². The van der Waals surface area contributed by atoms with Gasteiger partial charge < -0.3 is 0 Å². The third-order valence-electron chi connectivity index (χ3n) is 3.78. The van der Waals surface area contributed by atoms with E-state index in [1.807, 2.05) is 18.2 Å². The lowest BCUT2D eigenvalue weighted by Crippen LogP contribution is -1.99. The predicted molar refractivity (Wildman–Crippen MR) is 72.3 cm³/mol. The molecule has 0 bridgehead atoms. The second-order valence-corrected chi connectivity index (χ2v) is 5.10. The van der Waals surface area contributed by atoms with E-state index in [1.54, 1.807) is 0 Å². The number of aromatic nitrogens is 3. The number of benzene rings is 1. The first-order chi connectivity index (χ1) is 8.93. The summed E-state index contributed by atoms with van der Waals surface area (Å²) in [6.07, 6.45) is 7.90. The molecular formula is C15H19N3. The van der Waals surface area contributed by atoms with Gasteiger partial charge in [-0.1, -0.05) is 56.0 Å². The Morgan fingerprint density at radius 3 is 2.39 bits per heavy atom. The smallest absolute Gasteiger partial charge is 0.181 e. The third-order valence-corrected chi connectivity index (χ3v) is 3.78. The van der Waals surface area contributed by atoms with E-state index >= 15 is 0 Å². The summed E-state index contributed by atoms with van der Waals surface area (Å²) in [4.78, 5) is 4.68. The lowest BCUT2D eigenvalue weighted by Gasteiger charge is -2.09. The molecule has 3 rings (SSSR count). The van der Waals surface area contributed by atoms with Gasteiger partial charge in [-0.25, -0.2) is 4.98 Å². The molecule has 94 valence electrons. The molecular weight excluding hydrogens is 222 g/mol. The van der Waals surface area contributed by atoms with Crippen LogP contribution in [0.4, 0.5) is 0 Å². The minimum atomic E-state index is 0.581. The van der Waals surface area contributed by atoms with Crippen molar-refractivity contribution < 1.29 is 0 Å². The van der Waals surface area contributed by atoms with Crippen LogP contribution in [0.1, 0.15) is 50.3 Å². The molecule has 2 aromatic rings. The molecule has 0 saturated heterocycles. The van der Waals surface area contributed by atoms with Crippen LogP contribution in [-0.4, -0.2) is 15.2 Å². The molecule has 0 atom stereocenters. The second-order valence-electron chi connectivity index (χ2n) is 5.10. The topological polar surface area (TPSA) is 41.6 Å². The van der Waals surface area contributed by atoms with Gasteiger partial charge in [-0.05, 0) is 12.8 Å². The lowest BCUT2D eigenvalue weighted by molar-refractivity contribution is 0.563. The van der Waals surface area contributed by atoms with Gasteiger partial charge in [-0.15, -0.1) is 0 Å². The first kappa shape index (κ1) is 11.5. The molecule has 0 radical (unpaired) electrons. The molecule has 1 saturated carbocycles. The number of rotatable bonds is 2. The number of hydrogen-bond donors (Lipinski definition) is 1. The Balaban J connectivity index is 1.80. The predicted octanol–water partition coefficient (Wildman–Crippen LogP) is 3.91. The number of aromatic amines is 1. The molecule has 1 fully saturated rings. The van der Waals surface area contributed by atoms with E-state index in [0.717, 1.165) is 17.2 Å². The fourth-order valence-corrected chi connectivity index (χ4v) is 2.73. The molecule has 3 nitrogen and oxygen atoms in total. The fraction of sp³-hybridized carbons (Fsp3) is 0.467. The van der Waals surface area contributed by atoms with Crippen LogP contribution in [0.3, 0.4) is 0 Å². The maximum atomic E-state index is 4.68. The van der Waals surface area contributed by atoms with E-state index < -0.39 is 0 Å². The second kappa shape index (κ2) is 5.34. The van der Waals surface area contributed by atoms with Gasteiger partial charge in [-0.3, -0.25) is 5.10 Å². The summed E-state index contributed by atoms with van der Waals surface area (Å²) in [6.45, 7) is 0. The van der Waals surface area contributed by atoms with E-state index in [-0.39, 0.29) is 0 Å². The van der Waals surface area contributed by atoms with E-state index in [2.05, 4.69) is 27.3 Å². The Hall–Kier alpha value is -1.64. The maximum absolute atomic E-state index is 4.68. The minimum Gasteiger partial charge on any atom is -0.262 e. The van der Waals surface area contributed by atoms with Crippen molar-refractivity contribution in [3.8, 4) is 11.4 Å². The summed E-state index contributed by atoms with van der Waals surface area (Å²) in [5, 5.41) is 7.50.